The number of piperidine rings is 2. The number of nitrogens with one attached hydrogen (secondary N) is 1. The Morgan fingerprint density at radius 1 is 1.31 bits per heavy atom. The molecule has 1 N–H and O–H groups in total. The molecule has 0 aliphatic carbocycles. The normalized spacial score (nSPS) is 34.8. The molecule has 2 bridgehead atoms. The Morgan fingerprint density at radius 3 is 2.50 bits per heavy atom. The van der Waals surface area contributed by atoms with E-state index in [1.54, 1.807) is 0 Å². The van der Waals surface area contributed by atoms with E-state index in [9.17, 15) is 4.79 Å². The van der Waals surface area contributed by atoms with Gasteiger partial charge in [0.25, 0.3) is 0 Å². The number of rotatable bonds is 3. The summed E-state index contributed by atoms with van der Waals surface area (Å²) in [6.07, 6.45) is 7.94. The fourth-order valence-corrected chi connectivity index (χ4v) is 3.26. The summed E-state index contributed by atoms with van der Waals surface area (Å²) < 4.78 is 0. The largest absolute Gasteiger partial charge is 0.353 e. The number of amides is 1. The fourth-order valence-electron chi connectivity index (χ4n) is 3.26. The van der Waals surface area contributed by atoms with Crippen LogP contribution in [0.1, 0.15) is 51.9 Å². The molecule has 16 heavy (non-hydrogen) atoms. The van der Waals surface area contributed by atoms with Crippen LogP contribution in [0.2, 0.25) is 0 Å². The minimum Gasteiger partial charge on any atom is -0.353 e. The molecule has 92 valence electrons. The van der Waals surface area contributed by atoms with Gasteiger partial charge in [-0.25, -0.2) is 0 Å². The van der Waals surface area contributed by atoms with Crippen molar-refractivity contribution in [3.63, 3.8) is 0 Å². The van der Waals surface area contributed by atoms with Crippen LogP contribution in [0.5, 0.6) is 0 Å². The third kappa shape index (κ3) is 2.57. The number of fused-ring (bicyclic) bond motifs is 2. The fraction of sp³-hybridized carbons (Fsp3) is 0.923. The van der Waals surface area contributed by atoms with E-state index in [4.69, 9.17) is 0 Å². The topological polar surface area (TPSA) is 32.3 Å². The predicted octanol–water partition coefficient (Wildman–Crippen LogP) is 1.92. The monoisotopic (exact) mass is 224 g/mol. The van der Waals surface area contributed by atoms with Crippen molar-refractivity contribution in [2.75, 3.05) is 7.05 Å². The van der Waals surface area contributed by atoms with Crippen molar-refractivity contribution in [1.82, 2.24) is 10.2 Å². The van der Waals surface area contributed by atoms with Crippen molar-refractivity contribution in [2.24, 2.45) is 0 Å². The summed E-state index contributed by atoms with van der Waals surface area (Å²) in [5.41, 5.74) is 0. The van der Waals surface area contributed by atoms with Crippen LogP contribution in [-0.2, 0) is 4.79 Å². The van der Waals surface area contributed by atoms with Crippen LogP contribution in [0.15, 0.2) is 0 Å². The van der Waals surface area contributed by atoms with Gasteiger partial charge in [-0.1, -0.05) is 13.3 Å². The van der Waals surface area contributed by atoms with E-state index in [-0.39, 0.29) is 5.91 Å². The molecule has 0 aromatic heterocycles. The van der Waals surface area contributed by atoms with Gasteiger partial charge in [-0.15, -0.1) is 0 Å². The summed E-state index contributed by atoms with van der Waals surface area (Å²) in [4.78, 5) is 14.1. The molecule has 2 unspecified atom stereocenters. The van der Waals surface area contributed by atoms with Crippen LogP contribution in [0, 0.1) is 0 Å². The van der Waals surface area contributed by atoms with Gasteiger partial charge in [-0.05, 0) is 39.2 Å². The molecule has 0 spiro atoms. The van der Waals surface area contributed by atoms with E-state index >= 15 is 0 Å². The van der Waals surface area contributed by atoms with Gasteiger partial charge >= 0.3 is 0 Å². The lowest BCUT2D eigenvalue weighted by Gasteiger charge is -2.47. The van der Waals surface area contributed by atoms with Gasteiger partial charge in [0.2, 0.25) is 5.91 Å². The second-order valence-corrected chi connectivity index (χ2v) is 5.39. The minimum atomic E-state index is 0.245. The Morgan fingerprint density at radius 2 is 1.94 bits per heavy atom. The molecule has 2 aliphatic rings. The Bertz CT molecular complexity index is 240. The van der Waals surface area contributed by atoms with Crippen LogP contribution in [0.4, 0.5) is 0 Å². The molecule has 0 radical (unpaired) electrons. The van der Waals surface area contributed by atoms with Gasteiger partial charge in [0, 0.05) is 24.5 Å². The van der Waals surface area contributed by atoms with E-state index < -0.39 is 0 Å². The second-order valence-electron chi connectivity index (χ2n) is 5.39. The molecule has 1 amide bonds. The highest BCUT2D eigenvalue weighted by atomic mass is 16.1. The van der Waals surface area contributed by atoms with E-state index in [1.807, 2.05) is 0 Å². The van der Waals surface area contributed by atoms with Gasteiger partial charge in [0.1, 0.15) is 0 Å². The zero-order valence-electron chi connectivity index (χ0n) is 10.5. The maximum absolute atomic E-state index is 11.6. The van der Waals surface area contributed by atoms with Crippen molar-refractivity contribution >= 4 is 5.91 Å². The average molecular weight is 224 g/mol. The first-order valence-corrected chi connectivity index (χ1v) is 6.72. The number of carbonyl (C=O) groups is 1. The standard InChI is InChI=1S/C13H24N2O/c1-3-5-13(16)14-10-8-11-6-4-7-12(9-10)15(11)2/h10-12H,3-9H2,1-2H3,(H,14,16). The van der Waals surface area contributed by atoms with Crippen LogP contribution in [0.25, 0.3) is 0 Å². The number of nitrogens with zero attached hydrogens (tertiary/aromatic N) is 1. The Balaban J connectivity index is 1.87. The Kier molecular flexibility index (Phi) is 3.85. The van der Waals surface area contributed by atoms with Crippen LogP contribution in [-0.4, -0.2) is 36.0 Å². The average Bonchev–Trinajstić information content (AvgIpc) is 2.20. The molecular formula is C13H24N2O. The van der Waals surface area contributed by atoms with Gasteiger partial charge < -0.3 is 10.2 Å². The summed E-state index contributed by atoms with van der Waals surface area (Å²) in [7, 11) is 2.25. The van der Waals surface area contributed by atoms with Crippen molar-refractivity contribution in [1.29, 1.82) is 0 Å². The van der Waals surface area contributed by atoms with E-state index in [0.717, 1.165) is 19.3 Å². The number of hydrogen-bond donors (Lipinski definition) is 1. The highest BCUT2D eigenvalue weighted by Gasteiger charge is 2.36. The molecule has 2 atom stereocenters. The van der Waals surface area contributed by atoms with E-state index in [2.05, 4.69) is 24.2 Å². The summed E-state index contributed by atoms with van der Waals surface area (Å²) in [6, 6.07) is 1.85. The molecule has 2 heterocycles. The van der Waals surface area contributed by atoms with E-state index in [1.165, 1.54) is 19.3 Å². The molecule has 2 aliphatic heterocycles. The Hall–Kier alpha value is -0.570. The molecule has 2 rings (SSSR count). The first-order chi connectivity index (χ1) is 7.70. The van der Waals surface area contributed by atoms with Gasteiger partial charge in [0.05, 0.1) is 0 Å². The molecule has 0 aromatic rings. The van der Waals surface area contributed by atoms with Crippen molar-refractivity contribution < 1.29 is 4.79 Å². The maximum atomic E-state index is 11.6. The van der Waals surface area contributed by atoms with Gasteiger partial charge in [-0.3, -0.25) is 4.79 Å². The van der Waals surface area contributed by atoms with E-state index in [0.29, 0.717) is 24.5 Å². The quantitative estimate of drug-likeness (QED) is 0.794. The van der Waals surface area contributed by atoms with Crippen LogP contribution < -0.4 is 5.32 Å². The molecule has 2 fully saturated rings. The SMILES string of the molecule is CCCC(=O)NC1CC2CCCC(C1)N2C. The van der Waals surface area contributed by atoms with Crippen molar-refractivity contribution in [3.8, 4) is 0 Å². The summed E-state index contributed by atoms with van der Waals surface area (Å²) in [6.45, 7) is 2.06. The smallest absolute Gasteiger partial charge is 0.220 e. The molecule has 0 aromatic carbocycles. The second kappa shape index (κ2) is 5.17. The zero-order valence-corrected chi connectivity index (χ0v) is 10.5. The Labute approximate surface area is 98.6 Å². The summed E-state index contributed by atoms with van der Waals surface area (Å²) in [5.74, 6) is 0.245. The van der Waals surface area contributed by atoms with Crippen molar-refractivity contribution in [2.45, 2.75) is 70.0 Å². The number of carbonyl (C=O) groups excluding carboxylic acids is 1. The lowest BCUT2D eigenvalue weighted by molar-refractivity contribution is -0.122. The predicted molar refractivity (Wildman–Crippen MR) is 65.3 cm³/mol. The third-order valence-corrected chi connectivity index (χ3v) is 4.18. The summed E-state index contributed by atoms with van der Waals surface area (Å²) >= 11 is 0. The lowest BCUT2D eigenvalue weighted by atomic mass is 9.82. The third-order valence-electron chi connectivity index (χ3n) is 4.18. The summed E-state index contributed by atoms with van der Waals surface area (Å²) in [5, 5.41) is 3.20. The minimum absolute atomic E-state index is 0.245. The first kappa shape index (κ1) is 11.9. The number of hydrogen-bond acceptors (Lipinski definition) is 2. The molecule has 2 saturated heterocycles. The van der Waals surface area contributed by atoms with Crippen molar-refractivity contribution in [3.05, 3.63) is 0 Å². The van der Waals surface area contributed by atoms with Gasteiger partial charge in [0.15, 0.2) is 0 Å². The van der Waals surface area contributed by atoms with Crippen LogP contribution in [0.3, 0.4) is 0 Å². The maximum Gasteiger partial charge on any atom is 0.220 e. The lowest BCUT2D eigenvalue weighted by Crippen LogP contribution is -2.55. The molecule has 3 nitrogen and oxygen atoms in total. The molecular weight excluding hydrogens is 200 g/mol. The first-order valence-electron chi connectivity index (χ1n) is 6.72. The molecule has 0 saturated carbocycles. The highest BCUT2D eigenvalue weighted by Crippen LogP contribution is 2.32. The van der Waals surface area contributed by atoms with Gasteiger partial charge in [-0.2, -0.15) is 0 Å². The zero-order chi connectivity index (χ0) is 11.5. The van der Waals surface area contributed by atoms with Crippen LogP contribution >= 0.6 is 0 Å². The molecule has 3 heteroatoms. The highest BCUT2D eigenvalue weighted by molar-refractivity contribution is 5.76.